The van der Waals surface area contributed by atoms with Crippen LogP contribution in [0.1, 0.15) is 6.42 Å². The zero-order valence-corrected chi connectivity index (χ0v) is 7.66. The smallest absolute Gasteiger partial charge is 0.168 e. The van der Waals surface area contributed by atoms with Crippen molar-refractivity contribution in [3.8, 4) is 0 Å². The number of aliphatic hydroxyl groups is 3. The second-order valence-corrected chi connectivity index (χ2v) is 3.38. The zero-order chi connectivity index (χ0) is 9.72. The number of hydrogen-bond acceptors (Lipinski definition) is 4. The molecule has 0 saturated carbocycles. The number of aliphatic hydroxyl groups excluding tert-OH is 3. The Balaban J connectivity index is 3.83. The molecule has 0 aliphatic heterocycles. The summed E-state index contributed by atoms with van der Waals surface area (Å²) in [4.78, 5) is 9.55. The van der Waals surface area contributed by atoms with Crippen LogP contribution in [0.5, 0.6) is 0 Å². The highest BCUT2D eigenvalue weighted by molar-refractivity contribution is 6.53. The minimum Gasteiger partial charge on any atom is -0.394 e. The fourth-order valence-electron chi connectivity index (χ4n) is 0.553. The van der Waals surface area contributed by atoms with Crippen LogP contribution in [0, 0.1) is 0 Å². The van der Waals surface area contributed by atoms with Crippen LogP contribution < -0.4 is 0 Å². The molecule has 0 aromatic carbocycles. The number of carbonyl (C=O) groups excluding carboxylic acids is 1. The van der Waals surface area contributed by atoms with Crippen molar-refractivity contribution in [2.75, 3.05) is 6.61 Å². The van der Waals surface area contributed by atoms with E-state index in [-0.39, 0.29) is 6.42 Å². The number of halogens is 2. The number of Topliss-reactive ketones (excluding diaryl/α,β-unsaturated/α-hetero) is 1. The van der Waals surface area contributed by atoms with Crippen molar-refractivity contribution in [2.24, 2.45) is 0 Å². The van der Waals surface area contributed by atoms with Gasteiger partial charge in [0, 0.05) is 6.42 Å². The maximum absolute atomic E-state index is 10.8. The van der Waals surface area contributed by atoms with E-state index in [1.807, 2.05) is 0 Å². The predicted octanol–water partition coefficient (Wildman–Crippen LogP) is -0.537. The molecule has 0 spiro atoms. The molecule has 0 aromatic rings. The Morgan fingerprint density at radius 3 is 2.08 bits per heavy atom. The molecule has 72 valence electrons. The van der Waals surface area contributed by atoms with E-state index in [1.165, 1.54) is 0 Å². The summed E-state index contributed by atoms with van der Waals surface area (Å²) in [6.07, 6.45) is -3.01. The van der Waals surface area contributed by atoms with Gasteiger partial charge in [0.2, 0.25) is 0 Å². The lowest BCUT2D eigenvalue weighted by molar-refractivity contribution is -0.121. The van der Waals surface area contributed by atoms with Crippen molar-refractivity contribution in [1.29, 1.82) is 0 Å². The van der Waals surface area contributed by atoms with Gasteiger partial charge in [-0.1, -0.05) is 23.2 Å². The molecule has 4 nitrogen and oxygen atoms in total. The topological polar surface area (TPSA) is 77.8 Å². The Labute approximate surface area is 79.7 Å². The van der Waals surface area contributed by atoms with E-state index in [2.05, 4.69) is 0 Å². The van der Waals surface area contributed by atoms with E-state index >= 15 is 0 Å². The molecule has 0 rings (SSSR count). The molecule has 0 saturated heterocycles. The van der Waals surface area contributed by atoms with E-state index in [1.54, 1.807) is 0 Å². The zero-order valence-electron chi connectivity index (χ0n) is 6.15. The number of hydrogen-bond donors (Lipinski definition) is 3. The van der Waals surface area contributed by atoms with Gasteiger partial charge in [0.15, 0.2) is 10.6 Å². The van der Waals surface area contributed by atoms with Gasteiger partial charge in [-0.15, -0.1) is 0 Å². The summed E-state index contributed by atoms with van der Waals surface area (Å²) in [5, 5.41) is 26.2. The van der Waals surface area contributed by atoms with Crippen LogP contribution in [-0.2, 0) is 4.79 Å². The predicted molar refractivity (Wildman–Crippen MR) is 44.2 cm³/mol. The molecule has 12 heavy (non-hydrogen) atoms. The lowest BCUT2D eigenvalue weighted by Crippen LogP contribution is -2.32. The summed E-state index contributed by atoms with van der Waals surface area (Å²) in [5.74, 6) is -0.585. The molecular formula is C6H10Cl2O4. The lowest BCUT2D eigenvalue weighted by Gasteiger charge is -2.14. The molecule has 0 aliphatic rings. The number of alkyl halides is 2. The van der Waals surface area contributed by atoms with Crippen molar-refractivity contribution in [3.05, 3.63) is 0 Å². The maximum Gasteiger partial charge on any atom is 0.168 e. The molecule has 0 aliphatic carbocycles. The van der Waals surface area contributed by atoms with Crippen LogP contribution in [0.25, 0.3) is 0 Å². The summed E-state index contributed by atoms with van der Waals surface area (Å²) in [5.41, 5.74) is 0. The quantitative estimate of drug-likeness (QED) is 0.540. The minimum absolute atomic E-state index is 0.362. The van der Waals surface area contributed by atoms with E-state index < -0.39 is 29.4 Å². The van der Waals surface area contributed by atoms with Crippen LogP contribution in [0.4, 0.5) is 0 Å². The largest absolute Gasteiger partial charge is 0.394 e. The van der Waals surface area contributed by atoms with E-state index in [9.17, 15) is 4.79 Å². The summed E-state index contributed by atoms with van der Waals surface area (Å²) < 4.78 is 0. The first-order valence-electron chi connectivity index (χ1n) is 3.27. The summed E-state index contributed by atoms with van der Waals surface area (Å²) in [6, 6.07) is 0. The standard InChI is InChI=1S/C6H10Cl2O4/c7-6(8)4(11)1-3(10)5(12)2-9/h3,5-6,9-10,12H,1-2H2. The first kappa shape index (κ1) is 12.1. The van der Waals surface area contributed by atoms with Crippen LogP contribution in [-0.4, -0.2) is 44.8 Å². The molecule has 0 amide bonds. The second-order valence-electron chi connectivity index (χ2n) is 2.29. The van der Waals surface area contributed by atoms with Gasteiger partial charge in [0.1, 0.15) is 6.10 Å². The first-order valence-corrected chi connectivity index (χ1v) is 4.14. The van der Waals surface area contributed by atoms with Gasteiger partial charge in [-0.25, -0.2) is 0 Å². The molecule has 0 radical (unpaired) electrons. The highest BCUT2D eigenvalue weighted by Gasteiger charge is 2.21. The van der Waals surface area contributed by atoms with Gasteiger partial charge in [0.05, 0.1) is 12.7 Å². The van der Waals surface area contributed by atoms with Crippen LogP contribution in [0.15, 0.2) is 0 Å². The summed E-state index contributed by atoms with van der Waals surface area (Å²) in [6.45, 7) is -0.607. The average molecular weight is 217 g/mol. The van der Waals surface area contributed by atoms with E-state index in [0.29, 0.717) is 0 Å². The van der Waals surface area contributed by atoms with Gasteiger partial charge in [-0.2, -0.15) is 0 Å². The molecule has 0 aromatic heterocycles. The number of ketones is 1. The molecule has 0 fully saturated rings. The molecule has 3 N–H and O–H groups in total. The van der Waals surface area contributed by atoms with Gasteiger partial charge >= 0.3 is 0 Å². The van der Waals surface area contributed by atoms with Crippen molar-refractivity contribution in [1.82, 2.24) is 0 Å². The van der Waals surface area contributed by atoms with Crippen molar-refractivity contribution >= 4 is 29.0 Å². The van der Waals surface area contributed by atoms with Crippen LogP contribution >= 0.6 is 23.2 Å². The van der Waals surface area contributed by atoms with Crippen LogP contribution in [0.3, 0.4) is 0 Å². The van der Waals surface area contributed by atoms with Crippen LogP contribution in [0.2, 0.25) is 0 Å². The average Bonchev–Trinajstić information content (AvgIpc) is 2.02. The summed E-state index contributed by atoms with van der Waals surface area (Å²) in [7, 11) is 0. The first-order chi connectivity index (χ1) is 5.49. The third-order valence-electron chi connectivity index (χ3n) is 1.28. The van der Waals surface area contributed by atoms with Crippen molar-refractivity contribution in [2.45, 2.75) is 23.5 Å². The molecule has 2 unspecified atom stereocenters. The third kappa shape index (κ3) is 4.23. The van der Waals surface area contributed by atoms with Gasteiger partial charge in [-0.3, -0.25) is 4.79 Å². The van der Waals surface area contributed by atoms with Crippen molar-refractivity contribution < 1.29 is 20.1 Å². The molecule has 0 heterocycles. The highest BCUT2D eigenvalue weighted by Crippen LogP contribution is 2.09. The molecule has 6 heteroatoms. The monoisotopic (exact) mass is 216 g/mol. The molecule has 2 atom stereocenters. The lowest BCUT2D eigenvalue weighted by atomic mass is 10.1. The van der Waals surface area contributed by atoms with Gasteiger partial charge in [0.25, 0.3) is 0 Å². The Morgan fingerprint density at radius 2 is 1.75 bits per heavy atom. The van der Waals surface area contributed by atoms with Gasteiger partial charge in [-0.05, 0) is 0 Å². The van der Waals surface area contributed by atoms with E-state index in [4.69, 9.17) is 38.5 Å². The Morgan fingerprint density at radius 1 is 1.25 bits per heavy atom. The third-order valence-corrected chi connectivity index (χ3v) is 1.77. The minimum atomic E-state index is -1.33. The fraction of sp³-hybridized carbons (Fsp3) is 0.833. The van der Waals surface area contributed by atoms with Crippen molar-refractivity contribution in [3.63, 3.8) is 0 Å². The van der Waals surface area contributed by atoms with E-state index in [0.717, 1.165) is 0 Å². The normalized spacial score (nSPS) is 16.2. The Hall–Kier alpha value is 0.130. The molecular weight excluding hydrogens is 207 g/mol. The Bertz CT molecular complexity index is 150. The Kier molecular flexibility index (Phi) is 5.78. The number of carbonyl (C=O) groups is 1. The SMILES string of the molecule is O=C(CC(O)C(O)CO)C(Cl)Cl. The fourth-order valence-corrected chi connectivity index (χ4v) is 0.731. The number of rotatable bonds is 5. The highest BCUT2D eigenvalue weighted by atomic mass is 35.5. The van der Waals surface area contributed by atoms with Gasteiger partial charge < -0.3 is 15.3 Å². The molecule has 0 bridgehead atoms. The maximum atomic E-state index is 10.8. The second kappa shape index (κ2) is 5.72. The summed E-state index contributed by atoms with van der Waals surface area (Å²) >= 11 is 10.4.